The molecule has 390 valence electrons. The molecule has 0 bridgehead atoms. The number of rotatable bonds is 22. The van der Waals surface area contributed by atoms with Crippen molar-refractivity contribution in [2.45, 2.75) is 94.6 Å². The van der Waals surface area contributed by atoms with E-state index in [4.69, 9.17) is 4.74 Å². The molecule has 9 N–H and O–H groups in total. The van der Waals surface area contributed by atoms with E-state index in [9.17, 15) is 38.7 Å². The normalized spacial score (nSPS) is 16.0. The number of Topliss-reactive ketones (excluding diaryl/α,β-unsaturated/α-hetero) is 1. The van der Waals surface area contributed by atoms with Crippen LogP contribution in [-0.2, 0) is 65.8 Å². The highest BCUT2D eigenvalue weighted by Gasteiger charge is 2.36. The summed E-state index contributed by atoms with van der Waals surface area (Å²) in [7, 11) is 0. The molecule has 0 saturated heterocycles. The summed E-state index contributed by atoms with van der Waals surface area (Å²) in [5.74, 6) is -4.52. The molecule has 1 aliphatic carbocycles. The van der Waals surface area contributed by atoms with Gasteiger partial charge in [0.25, 0.3) is 0 Å². The number of aromatic amines is 3. The van der Waals surface area contributed by atoms with Gasteiger partial charge in [-0.2, -0.15) is 0 Å². The summed E-state index contributed by atoms with van der Waals surface area (Å²) >= 11 is 0. The van der Waals surface area contributed by atoms with Crippen LogP contribution in [0.5, 0.6) is 0 Å². The van der Waals surface area contributed by atoms with Crippen LogP contribution < -0.4 is 26.6 Å². The quantitative estimate of drug-likeness (QED) is 0.0343. The molecule has 1 saturated carbocycles. The first-order valence-electron chi connectivity index (χ1n) is 25.6. The van der Waals surface area contributed by atoms with Crippen LogP contribution in [0.4, 0.5) is 4.79 Å². The molecule has 5 aromatic carbocycles. The molecule has 17 heteroatoms. The minimum atomic E-state index is -1.27. The molecule has 0 aliphatic heterocycles. The van der Waals surface area contributed by atoms with E-state index in [0.29, 0.717) is 24.8 Å². The SMILES string of the molecule is O=C(CC[C@H]1CCC[C@@H](NC(=O)[C@H](Cc2c[nH]c3ccccc23)NC(=O)[C@H](Cc2c[nH]c3ccccc23)NC(=O)OCc2ccccc2)C1=O)N[C@@H](Cc1c[nH]c2ccccc12)C(=O)N[C@@H](Cc1ccccc1)C(=O)O. The number of carboxylic acids is 1. The van der Waals surface area contributed by atoms with E-state index in [-0.39, 0.29) is 50.9 Å². The third-order valence-corrected chi connectivity index (χ3v) is 14.1. The molecule has 76 heavy (non-hydrogen) atoms. The lowest BCUT2D eigenvalue weighted by molar-refractivity contribution is -0.142. The Morgan fingerprint density at radius 3 is 1.51 bits per heavy atom. The van der Waals surface area contributed by atoms with Crippen molar-refractivity contribution < 1.29 is 43.4 Å². The highest BCUT2D eigenvalue weighted by molar-refractivity contribution is 5.97. The average molecular weight is 1030 g/mol. The number of carboxylic acid groups (broad SMARTS) is 1. The van der Waals surface area contributed by atoms with E-state index in [2.05, 4.69) is 41.5 Å². The van der Waals surface area contributed by atoms with Crippen LogP contribution in [0.15, 0.2) is 152 Å². The van der Waals surface area contributed by atoms with Gasteiger partial charge in [-0.1, -0.05) is 122 Å². The molecule has 8 aromatic rings. The monoisotopic (exact) mass is 1020 g/mol. The standard InChI is InChI=1S/C59H60N8O9/c68-53(63-49(29-39-32-60-45-22-10-7-19-42(39)45)55(70)66-52(58(73)74)28-36-14-3-1-4-15-36)27-26-38-18-13-25-48(54(38)69)64-56(71)50(30-40-33-61-46-23-11-8-20-43(40)46)65-57(72)51(31-41-34-62-47-24-12-9-21-44(41)47)67-59(75)76-35-37-16-5-2-6-17-37/h1-12,14-17,19-24,32-34,38,48-52,60-62H,13,18,25-31,35H2,(H,63,68)(H,64,71)(H,65,72)(H,66,70)(H,67,75)(H,73,74)/t38-,48-,49+,50+,51+,52+/m1/s1. The fourth-order valence-corrected chi connectivity index (χ4v) is 10.1. The Kier molecular flexibility index (Phi) is 16.6. The van der Waals surface area contributed by atoms with Crippen molar-refractivity contribution in [3.63, 3.8) is 0 Å². The van der Waals surface area contributed by atoms with Gasteiger partial charge in [0.2, 0.25) is 23.6 Å². The molecular weight excluding hydrogens is 965 g/mol. The van der Waals surface area contributed by atoms with Gasteiger partial charge in [-0.15, -0.1) is 0 Å². The first kappa shape index (κ1) is 51.9. The molecule has 0 radical (unpaired) electrons. The molecule has 5 amide bonds. The topological polar surface area (TPSA) is 256 Å². The number of H-pyrrole nitrogens is 3. The second-order valence-corrected chi connectivity index (χ2v) is 19.3. The molecule has 0 unspecified atom stereocenters. The van der Waals surface area contributed by atoms with Crippen molar-refractivity contribution in [3.8, 4) is 0 Å². The van der Waals surface area contributed by atoms with Gasteiger partial charge in [-0.05, 0) is 65.3 Å². The van der Waals surface area contributed by atoms with Gasteiger partial charge in [0, 0.05) is 89.3 Å². The first-order chi connectivity index (χ1) is 36.9. The van der Waals surface area contributed by atoms with Crippen LogP contribution in [-0.4, -0.2) is 91.7 Å². The van der Waals surface area contributed by atoms with Crippen molar-refractivity contribution in [1.29, 1.82) is 0 Å². The lowest BCUT2D eigenvalue weighted by Crippen LogP contribution is -2.57. The zero-order valence-electron chi connectivity index (χ0n) is 41.7. The third-order valence-electron chi connectivity index (χ3n) is 14.1. The molecule has 17 nitrogen and oxygen atoms in total. The largest absolute Gasteiger partial charge is 0.480 e. The van der Waals surface area contributed by atoms with E-state index < -0.39 is 71.8 Å². The fraction of sp³-hybridized carbons (Fsp3) is 0.271. The van der Waals surface area contributed by atoms with E-state index in [0.717, 1.165) is 55.0 Å². The highest BCUT2D eigenvalue weighted by Crippen LogP contribution is 2.27. The third kappa shape index (κ3) is 13.0. The summed E-state index contributed by atoms with van der Waals surface area (Å²) in [5, 5.41) is 26.7. The van der Waals surface area contributed by atoms with Crippen molar-refractivity contribution in [2.24, 2.45) is 5.92 Å². The Morgan fingerprint density at radius 1 is 0.526 bits per heavy atom. The Balaban J connectivity index is 0.883. The van der Waals surface area contributed by atoms with Crippen LogP contribution in [0.25, 0.3) is 32.7 Å². The van der Waals surface area contributed by atoms with Crippen molar-refractivity contribution in [2.75, 3.05) is 0 Å². The Hall–Kier alpha value is -8.99. The summed E-state index contributed by atoms with van der Waals surface area (Å²) in [6.45, 7) is -0.0329. The van der Waals surface area contributed by atoms with Gasteiger partial charge in [-0.3, -0.25) is 24.0 Å². The van der Waals surface area contributed by atoms with Gasteiger partial charge in [0.1, 0.15) is 30.8 Å². The number of hydrogen-bond acceptors (Lipinski definition) is 8. The maximum atomic E-state index is 14.6. The Labute approximate surface area is 438 Å². The summed E-state index contributed by atoms with van der Waals surface area (Å²) < 4.78 is 5.54. The molecule has 0 spiro atoms. The molecule has 3 heterocycles. The van der Waals surface area contributed by atoms with E-state index in [1.54, 1.807) is 42.9 Å². The number of benzene rings is 5. The van der Waals surface area contributed by atoms with Crippen LogP contribution in [0.3, 0.4) is 0 Å². The number of alkyl carbamates (subject to hydrolysis) is 1. The number of para-hydroxylation sites is 3. The molecule has 1 fully saturated rings. The molecular formula is C59H60N8O9. The highest BCUT2D eigenvalue weighted by atomic mass is 16.5. The predicted octanol–water partition coefficient (Wildman–Crippen LogP) is 6.87. The summed E-state index contributed by atoms with van der Waals surface area (Å²) in [5.41, 5.74) is 6.21. The number of carbonyl (C=O) groups is 7. The lowest BCUT2D eigenvalue weighted by atomic mass is 9.81. The number of amides is 5. The first-order valence-corrected chi connectivity index (χ1v) is 25.6. The van der Waals surface area contributed by atoms with Crippen LogP contribution in [0, 0.1) is 5.92 Å². The molecule has 1 aliphatic rings. The fourth-order valence-electron chi connectivity index (χ4n) is 10.1. The van der Waals surface area contributed by atoms with Crippen LogP contribution >= 0.6 is 0 Å². The number of ether oxygens (including phenoxy) is 1. The lowest BCUT2D eigenvalue weighted by Gasteiger charge is -2.30. The molecule has 9 rings (SSSR count). The number of ketones is 1. The van der Waals surface area contributed by atoms with Gasteiger partial charge in [0.15, 0.2) is 5.78 Å². The predicted molar refractivity (Wildman–Crippen MR) is 287 cm³/mol. The average Bonchev–Trinajstić information content (AvgIpc) is 4.17. The minimum Gasteiger partial charge on any atom is -0.480 e. The van der Waals surface area contributed by atoms with Crippen LogP contribution in [0.2, 0.25) is 0 Å². The van der Waals surface area contributed by atoms with Gasteiger partial charge >= 0.3 is 12.1 Å². The van der Waals surface area contributed by atoms with E-state index in [1.165, 1.54) is 0 Å². The van der Waals surface area contributed by atoms with Crippen molar-refractivity contribution in [3.05, 3.63) is 180 Å². The van der Waals surface area contributed by atoms with Crippen molar-refractivity contribution >= 4 is 74.2 Å². The summed E-state index contributed by atoms with van der Waals surface area (Å²) in [6, 6.07) is 35.0. The number of nitrogens with one attached hydrogen (secondary N) is 8. The number of aliphatic carboxylic acids is 1. The number of fused-ring (bicyclic) bond motifs is 3. The van der Waals surface area contributed by atoms with E-state index >= 15 is 0 Å². The minimum absolute atomic E-state index is 0.0306. The second-order valence-electron chi connectivity index (χ2n) is 19.3. The smallest absolute Gasteiger partial charge is 0.408 e. The number of aromatic nitrogens is 3. The second kappa shape index (κ2) is 24.4. The Morgan fingerprint density at radius 2 is 0.987 bits per heavy atom. The van der Waals surface area contributed by atoms with Gasteiger partial charge in [0.05, 0.1) is 6.04 Å². The van der Waals surface area contributed by atoms with Crippen molar-refractivity contribution in [1.82, 2.24) is 41.5 Å². The summed E-state index contributed by atoms with van der Waals surface area (Å²) in [6.07, 6.45) is 6.03. The number of carbonyl (C=O) groups excluding carboxylic acids is 6. The number of hydrogen-bond donors (Lipinski definition) is 9. The Bertz CT molecular complexity index is 3350. The van der Waals surface area contributed by atoms with Gasteiger partial charge < -0.3 is 51.4 Å². The van der Waals surface area contributed by atoms with E-state index in [1.807, 2.05) is 109 Å². The zero-order chi connectivity index (χ0) is 53.0. The molecule has 6 atom stereocenters. The maximum Gasteiger partial charge on any atom is 0.408 e. The van der Waals surface area contributed by atoms with Crippen LogP contribution in [0.1, 0.15) is 59.9 Å². The summed E-state index contributed by atoms with van der Waals surface area (Å²) in [4.78, 5) is 107. The van der Waals surface area contributed by atoms with Gasteiger partial charge in [-0.25, -0.2) is 9.59 Å². The maximum absolute atomic E-state index is 14.6. The molecule has 3 aromatic heterocycles. The zero-order valence-corrected chi connectivity index (χ0v) is 41.7.